The van der Waals surface area contributed by atoms with E-state index in [0.717, 1.165) is 23.5 Å². The molecule has 29 heavy (non-hydrogen) atoms. The number of benzene rings is 2. The second-order valence-corrected chi connectivity index (χ2v) is 8.89. The average Bonchev–Trinajstić information content (AvgIpc) is 3.16. The van der Waals surface area contributed by atoms with Crippen molar-refractivity contribution >= 4 is 11.7 Å². The number of carbonyl (C=O) groups excluding carboxylic acids is 1. The van der Waals surface area contributed by atoms with Gasteiger partial charge < -0.3 is 14.8 Å². The van der Waals surface area contributed by atoms with Crippen LogP contribution in [0.15, 0.2) is 66.9 Å². The van der Waals surface area contributed by atoms with Crippen LogP contribution in [0.2, 0.25) is 0 Å². The van der Waals surface area contributed by atoms with Crippen molar-refractivity contribution in [3.63, 3.8) is 0 Å². The number of aryl methyl sites for hydroxylation is 1. The monoisotopic (exact) mass is 387 g/mol. The first-order valence-corrected chi connectivity index (χ1v) is 10.2. The van der Waals surface area contributed by atoms with Crippen LogP contribution in [0, 0.1) is 6.92 Å². The second kappa shape index (κ2) is 7.43. The zero-order valence-electron chi connectivity index (χ0n) is 17.6. The first kappa shape index (κ1) is 19.3. The lowest BCUT2D eigenvalue weighted by atomic mass is 9.87. The van der Waals surface area contributed by atoms with Crippen molar-refractivity contribution in [3.8, 4) is 0 Å². The Morgan fingerprint density at radius 1 is 0.966 bits per heavy atom. The van der Waals surface area contributed by atoms with Crippen molar-refractivity contribution in [2.75, 3.05) is 11.9 Å². The minimum atomic E-state index is -0.0896. The Morgan fingerprint density at radius 2 is 1.66 bits per heavy atom. The van der Waals surface area contributed by atoms with Gasteiger partial charge in [0.05, 0.1) is 6.04 Å². The molecular weight excluding hydrogens is 358 g/mol. The first-order valence-electron chi connectivity index (χ1n) is 10.2. The molecule has 2 heterocycles. The van der Waals surface area contributed by atoms with E-state index in [0.29, 0.717) is 6.54 Å². The quantitative estimate of drug-likeness (QED) is 0.599. The van der Waals surface area contributed by atoms with Crippen LogP contribution >= 0.6 is 0 Å². The minimum absolute atomic E-state index is 0.0634. The molecule has 1 N–H and O–H groups in total. The van der Waals surface area contributed by atoms with E-state index in [9.17, 15) is 4.79 Å². The first-order chi connectivity index (χ1) is 13.8. The Kier molecular flexibility index (Phi) is 4.95. The molecule has 0 bridgehead atoms. The summed E-state index contributed by atoms with van der Waals surface area (Å²) in [7, 11) is 0. The zero-order chi connectivity index (χ0) is 20.6. The Morgan fingerprint density at radius 3 is 2.31 bits per heavy atom. The van der Waals surface area contributed by atoms with Crippen LogP contribution in [0.5, 0.6) is 0 Å². The Bertz CT molecular complexity index is 994. The third-order valence-corrected chi connectivity index (χ3v) is 5.69. The maximum Gasteiger partial charge on any atom is 0.322 e. The van der Waals surface area contributed by atoms with E-state index in [1.54, 1.807) is 0 Å². The van der Waals surface area contributed by atoms with E-state index in [1.807, 2.05) is 17.0 Å². The SMILES string of the molecule is Cc1ccc([C@@H]2c3cccn3CCN2C(=O)Nc2ccc(C(C)(C)C)cc2)cc1. The van der Waals surface area contributed by atoms with Gasteiger partial charge in [-0.05, 0) is 47.7 Å². The molecule has 0 spiro atoms. The van der Waals surface area contributed by atoms with Crippen LogP contribution in [0.4, 0.5) is 10.5 Å². The molecule has 0 radical (unpaired) electrons. The fraction of sp³-hybridized carbons (Fsp3) is 0.320. The molecule has 0 saturated heterocycles. The lowest BCUT2D eigenvalue weighted by Crippen LogP contribution is -2.44. The summed E-state index contributed by atoms with van der Waals surface area (Å²) in [6.07, 6.45) is 2.09. The number of amides is 2. The summed E-state index contributed by atoms with van der Waals surface area (Å²) in [5.41, 5.74) is 5.68. The molecule has 2 aromatic carbocycles. The van der Waals surface area contributed by atoms with Gasteiger partial charge in [0.2, 0.25) is 0 Å². The molecule has 150 valence electrons. The van der Waals surface area contributed by atoms with E-state index in [2.05, 4.69) is 92.3 Å². The molecule has 1 aliphatic heterocycles. The number of nitrogens with zero attached hydrogens (tertiary/aromatic N) is 2. The molecule has 0 aliphatic carbocycles. The highest BCUT2D eigenvalue weighted by Crippen LogP contribution is 2.33. The van der Waals surface area contributed by atoms with Crippen LogP contribution in [-0.2, 0) is 12.0 Å². The number of hydrogen-bond donors (Lipinski definition) is 1. The van der Waals surface area contributed by atoms with Gasteiger partial charge in [-0.25, -0.2) is 4.79 Å². The lowest BCUT2D eigenvalue weighted by molar-refractivity contribution is 0.182. The standard InChI is InChI=1S/C25H29N3O/c1-18-7-9-19(10-8-18)23-22-6-5-15-27(22)16-17-28(23)24(29)26-21-13-11-20(12-14-21)25(2,3)4/h5-15,23H,16-17H2,1-4H3,(H,26,29)/t23-/m1/s1. The molecule has 4 heteroatoms. The van der Waals surface area contributed by atoms with Gasteiger partial charge in [0.1, 0.15) is 0 Å². The van der Waals surface area contributed by atoms with Gasteiger partial charge in [0, 0.05) is 30.7 Å². The molecular formula is C25H29N3O. The Hall–Kier alpha value is -3.01. The Balaban J connectivity index is 1.60. The van der Waals surface area contributed by atoms with Gasteiger partial charge in [0.15, 0.2) is 0 Å². The van der Waals surface area contributed by atoms with E-state index in [1.165, 1.54) is 11.1 Å². The molecule has 1 aromatic heterocycles. The van der Waals surface area contributed by atoms with Crippen molar-refractivity contribution in [3.05, 3.63) is 89.2 Å². The molecule has 0 unspecified atom stereocenters. The van der Waals surface area contributed by atoms with Gasteiger partial charge in [-0.2, -0.15) is 0 Å². The van der Waals surface area contributed by atoms with Crippen molar-refractivity contribution in [1.29, 1.82) is 0 Å². The maximum absolute atomic E-state index is 13.2. The summed E-state index contributed by atoms with van der Waals surface area (Å²) in [5, 5.41) is 3.10. The molecule has 0 fully saturated rings. The number of aromatic nitrogens is 1. The molecule has 2 amide bonds. The van der Waals surface area contributed by atoms with Crippen LogP contribution in [0.1, 0.15) is 49.2 Å². The topological polar surface area (TPSA) is 37.3 Å². The number of urea groups is 1. The van der Waals surface area contributed by atoms with Gasteiger partial charge in [-0.15, -0.1) is 0 Å². The molecule has 1 atom stereocenters. The number of nitrogens with one attached hydrogen (secondary N) is 1. The van der Waals surface area contributed by atoms with Crippen LogP contribution < -0.4 is 5.32 Å². The van der Waals surface area contributed by atoms with Crippen LogP contribution in [-0.4, -0.2) is 22.0 Å². The fourth-order valence-corrected chi connectivity index (χ4v) is 3.95. The third kappa shape index (κ3) is 3.93. The van der Waals surface area contributed by atoms with E-state index < -0.39 is 0 Å². The summed E-state index contributed by atoms with van der Waals surface area (Å²) in [6.45, 7) is 10.1. The summed E-state index contributed by atoms with van der Waals surface area (Å²) in [4.78, 5) is 15.2. The molecule has 4 rings (SSSR count). The van der Waals surface area contributed by atoms with Gasteiger partial charge >= 0.3 is 6.03 Å². The van der Waals surface area contributed by atoms with Gasteiger partial charge in [-0.1, -0.05) is 62.7 Å². The predicted octanol–water partition coefficient (Wildman–Crippen LogP) is 5.73. The number of rotatable bonds is 2. The van der Waals surface area contributed by atoms with E-state index in [4.69, 9.17) is 0 Å². The second-order valence-electron chi connectivity index (χ2n) is 8.89. The summed E-state index contributed by atoms with van der Waals surface area (Å²) >= 11 is 0. The van der Waals surface area contributed by atoms with Crippen LogP contribution in [0.3, 0.4) is 0 Å². The summed E-state index contributed by atoms with van der Waals surface area (Å²) in [6, 6.07) is 20.7. The lowest BCUT2D eigenvalue weighted by Gasteiger charge is -2.37. The van der Waals surface area contributed by atoms with Gasteiger partial charge in [0.25, 0.3) is 0 Å². The third-order valence-electron chi connectivity index (χ3n) is 5.69. The zero-order valence-corrected chi connectivity index (χ0v) is 17.6. The fourth-order valence-electron chi connectivity index (χ4n) is 3.95. The smallest absolute Gasteiger partial charge is 0.322 e. The number of carbonyl (C=O) groups is 1. The summed E-state index contributed by atoms with van der Waals surface area (Å²) in [5.74, 6) is 0. The van der Waals surface area contributed by atoms with Gasteiger partial charge in [-0.3, -0.25) is 0 Å². The molecule has 1 aliphatic rings. The molecule has 0 saturated carbocycles. The average molecular weight is 388 g/mol. The highest BCUT2D eigenvalue weighted by Gasteiger charge is 2.32. The molecule has 4 nitrogen and oxygen atoms in total. The highest BCUT2D eigenvalue weighted by molar-refractivity contribution is 5.90. The number of anilines is 1. The maximum atomic E-state index is 13.2. The largest absolute Gasteiger partial charge is 0.348 e. The predicted molar refractivity (Wildman–Crippen MR) is 118 cm³/mol. The Labute approximate surface area is 173 Å². The minimum Gasteiger partial charge on any atom is -0.348 e. The van der Waals surface area contributed by atoms with Crippen molar-refractivity contribution < 1.29 is 4.79 Å². The van der Waals surface area contributed by atoms with Crippen molar-refractivity contribution in [2.24, 2.45) is 0 Å². The van der Waals surface area contributed by atoms with Crippen molar-refractivity contribution in [1.82, 2.24) is 9.47 Å². The molecule has 3 aromatic rings. The van der Waals surface area contributed by atoms with E-state index in [-0.39, 0.29) is 17.5 Å². The normalized spacial score (nSPS) is 16.4. The summed E-state index contributed by atoms with van der Waals surface area (Å²) < 4.78 is 2.24. The van der Waals surface area contributed by atoms with E-state index >= 15 is 0 Å². The van der Waals surface area contributed by atoms with Crippen molar-refractivity contribution in [2.45, 2.75) is 45.7 Å². The van der Waals surface area contributed by atoms with Crippen LogP contribution in [0.25, 0.3) is 0 Å². The number of hydrogen-bond acceptors (Lipinski definition) is 1. The number of fused-ring (bicyclic) bond motifs is 1. The highest BCUT2D eigenvalue weighted by atomic mass is 16.2.